The van der Waals surface area contributed by atoms with E-state index < -0.39 is 10.9 Å². The highest BCUT2D eigenvalue weighted by Gasteiger charge is 2.24. The Labute approximate surface area is 116 Å². The first-order chi connectivity index (χ1) is 9.40. The predicted molar refractivity (Wildman–Crippen MR) is 72.3 cm³/mol. The summed E-state index contributed by atoms with van der Waals surface area (Å²) >= 11 is 0. The highest BCUT2D eigenvalue weighted by molar-refractivity contribution is 5.78. The van der Waals surface area contributed by atoms with E-state index in [1.807, 2.05) is 6.07 Å². The fourth-order valence-electron chi connectivity index (χ4n) is 1.73. The Bertz CT molecular complexity index is 563. The largest absolute Gasteiger partial charge is 0.468 e. The summed E-state index contributed by atoms with van der Waals surface area (Å²) in [6.07, 6.45) is 0. The molecule has 0 saturated carbocycles. The first-order valence-corrected chi connectivity index (χ1v) is 5.92. The lowest BCUT2D eigenvalue weighted by molar-refractivity contribution is -0.384. The van der Waals surface area contributed by atoms with Crippen LogP contribution in [0.5, 0.6) is 0 Å². The smallest absolute Gasteiger partial charge is 0.325 e. The molecule has 0 aliphatic carbocycles. The zero-order chi connectivity index (χ0) is 15.3. The molecule has 0 aliphatic rings. The van der Waals surface area contributed by atoms with Crippen molar-refractivity contribution in [3.8, 4) is 6.07 Å². The first kappa shape index (κ1) is 15.4. The summed E-state index contributed by atoms with van der Waals surface area (Å²) in [4.78, 5) is 23.5. The third-order valence-corrected chi connectivity index (χ3v) is 2.76. The van der Waals surface area contributed by atoms with Gasteiger partial charge < -0.3 is 9.64 Å². The van der Waals surface area contributed by atoms with Crippen molar-refractivity contribution < 1.29 is 14.5 Å². The molecule has 0 unspecified atom stereocenters. The number of nitro groups is 1. The number of hydrogen-bond donors (Lipinski definition) is 0. The first-order valence-electron chi connectivity index (χ1n) is 5.92. The molecule has 1 aromatic carbocycles. The Hall–Kier alpha value is -2.62. The zero-order valence-electron chi connectivity index (χ0n) is 11.5. The Morgan fingerprint density at radius 3 is 2.65 bits per heavy atom. The topological polar surface area (TPSA) is 96.5 Å². The van der Waals surface area contributed by atoms with E-state index in [1.54, 1.807) is 13.8 Å². The number of nitrogens with zero attached hydrogens (tertiary/aromatic N) is 3. The lowest BCUT2D eigenvalue weighted by Gasteiger charge is -2.27. The summed E-state index contributed by atoms with van der Waals surface area (Å²) in [5.74, 6) is -0.504. The highest BCUT2D eigenvalue weighted by Crippen LogP contribution is 2.30. The summed E-state index contributed by atoms with van der Waals surface area (Å²) in [5.41, 5.74) is 0.372. The number of ether oxygens (including phenoxy) is 1. The van der Waals surface area contributed by atoms with Gasteiger partial charge in [-0.3, -0.25) is 14.9 Å². The molecule has 1 aromatic rings. The number of nitro benzene ring substituents is 1. The molecule has 0 spiro atoms. The molecular formula is C13H15N3O4. The van der Waals surface area contributed by atoms with Crippen molar-refractivity contribution >= 4 is 17.3 Å². The van der Waals surface area contributed by atoms with Gasteiger partial charge in [0.25, 0.3) is 5.69 Å². The summed E-state index contributed by atoms with van der Waals surface area (Å²) in [5, 5.41) is 20.0. The minimum Gasteiger partial charge on any atom is -0.468 e. The molecule has 0 radical (unpaired) electrons. The van der Waals surface area contributed by atoms with Crippen LogP contribution in [0.25, 0.3) is 0 Å². The highest BCUT2D eigenvalue weighted by atomic mass is 16.6. The van der Waals surface area contributed by atoms with Crippen LogP contribution in [0.3, 0.4) is 0 Å². The van der Waals surface area contributed by atoms with E-state index in [9.17, 15) is 14.9 Å². The van der Waals surface area contributed by atoms with Crippen molar-refractivity contribution in [1.29, 1.82) is 5.26 Å². The van der Waals surface area contributed by atoms with E-state index in [0.717, 1.165) is 0 Å². The second-order valence-electron chi connectivity index (χ2n) is 4.37. The molecule has 0 aromatic heterocycles. The molecule has 0 saturated heterocycles. The van der Waals surface area contributed by atoms with Gasteiger partial charge in [-0.25, -0.2) is 0 Å². The van der Waals surface area contributed by atoms with E-state index >= 15 is 0 Å². The van der Waals surface area contributed by atoms with Gasteiger partial charge in [-0.05, 0) is 26.0 Å². The number of anilines is 1. The van der Waals surface area contributed by atoms with Gasteiger partial charge in [-0.1, -0.05) is 0 Å². The van der Waals surface area contributed by atoms with Crippen LogP contribution in [0.2, 0.25) is 0 Å². The molecule has 7 nitrogen and oxygen atoms in total. The second kappa shape index (κ2) is 6.52. The van der Waals surface area contributed by atoms with Crippen LogP contribution in [0.4, 0.5) is 11.4 Å². The van der Waals surface area contributed by atoms with Crippen LogP contribution in [0.15, 0.2) is 18.2 Å². The Kier molecular flexibility index (Phi) is 5.03. The number of esters is 1. The van der Waals surface area contributed by atoms with Gasteiger partial charge in [-0.15, -0.1) is 0 Å². The lowest BCUT2D eigenvalue weighted by Crippen LogP contribution is -2.36. The van der Waals surface area contributed by atoms with Crippen molar-refractivity contribution in [1.82, 2.24) is 0 Å². The number of rotatable bonds is 5. The SMILES string of the molecule is COC(=O)CN(c1cc(C#N)ccc1[N+](=O)[O-])C(C)C. The molecule has 1 rings (SSSR count). The summed E-state index contributed by atoms with van der Waals surface area (Å²) in [6, 6.07) is 5.81. The monoisotopic (exact) mass is 277 g/mol. The van der Waals surface area contributed by atoms with E-state index in [4.69, 9.17) is 5.26 Å². The fraction of sp³-hybridized carbons (Fsp3) is 0.385. The van der Waals surface area contributed by atoms with Crippen LogP contribution in [-0.4, -0.2) is 30.6 Å². The van der Waals surface area contributed by atoms with Crippen molar-refractivity contribution in [2.75, 3.05) is 18.6 Å². The molecule has 0 bridgehead atoms. The molecule has 0 heterocycles. The maximum Gasteiger partial charge on any atom is 0.325 e. The van der Waals surface area contributed by atoms with Gasteiger partial charge >= 0.3 is 5.97 Å². The second-order valence-corrected chi connectivity index (χ2v) is 4.37. The zero-order valence-corrected chi connectivity index (χ0v) is 11.5. The van der Waals surface area contributed by atoms with E-state index in [1.165, 1.54) is 30.2 Å². The van der Waals surface area contributed by atoms with Gasteiger partial charge in [0.1, 0.15) is 12.2 Å². The van der Waals surface area contributed by atoms with E-state index in [0.29, 0.717) is 5.56 Å². The van der Waals surface area contributed by atoms with Gasteiger partial charge in [0.05, 0.1) is 23.7 Å². The number of methoxy groups -OCH3 is 1. The summed E-state index contributed by atoms with van der Waals surface area (Å²) in [7, 11) is 1.25. The lowest BCUT2D eigenvalue weighted by atomic mass is 10.1. The quantitative estimate of drug-likeness (QED) is 0.463. The molecule has 0 atom stereocenters. The van der Waals surface area contributed by atoms with Crippen molar-refractivity contribution in [2.45, 2.75) is 19.9 Å². The average Bonchev–Trinajstić information content (AvgIpc) is 2.43. The Morgan fingerprint density at radius 1 is 1.55 bits per heavy atom. The summed E-state index contributed by atoms with van der Waals surface area (Å²) < 4.78 is 4.59. The van der Waals surface area contributed by atoms with Gasteiger partial charge in [0.15, 0.2) is 0 Å². The van der Waals surface area contributed by atoms with E-state index in [2.05, 4.69) is 4.74 Å². The minimum atomic E-state index is -0.539. The fourth-order valence-corrected chi connectivity index (χ4v) is 1.73. The molecule has 0 aliphatic heterocycles. The van der Waals surface area contributed by atoms with Crippen molar-refractivity contribution in [3.63, 3.8) is 0 Å². The normalized spacial score (nSPS) is 9.95. The minimum absolute atomic E-state index is 0.121. The third-order valence-electron chi connectivity index (χ3n) is 2.76. The van der Waals surface area contributed by atoms with Gasteiger partial charge in [0, 0.05) is 12.1 Å². The van der Waals surface area contributed by atoms with Crippen LogP contribution in [0, 0.1) is 21.4 Å². The van der Waals surface area contributed by atoms with Gasteiger partial charge in [0.2, 0.25) is 0 Å². The Balaban J connectivity index is 3.33. The van der Waals surface area contributed by atoms with E-state index in [-0.39, 0.29) is 24.0 Å². The maximum absolute atomic E-state index is 11.4. The number of carbonyl (C=O) groups is 1. The third kappa shape index (κ3) is 3.45. The number of hydrogen-bond acceptors (Lipinski definition) is 6. The van der Waals surface area contributed by atoms with Crippen molar-refractivity contribution in [3.05, 3.63) is 33.9 Å². The molecule has 106 valence electrons. The molecule has 0 amide bonds. The molecule has 20 heavy (non-hydrogen) atoms. The molecule has 7 heteroatoms. The average molecular weight is 277 g/mol. The number of nitriles is 1. The predicted octanol–water partition coefficient (Wildman–Crippen LogP) is 1.85. The van der Waals surface area contributed by atoms with Crippen LogP contribution >= 0.6 is 0 Å². The van der Waals surface area contributed by atoms with Crippen LogP contribution in [-0.2, 0) is 9.53 Å². The molecular weight excluding hydrogens is 262 g/mol. The Morgan fingerprint density at radius 2 is 2.20 bits per heavy atom. The van der Waals surface area contributed by atoms with Gasteiger partial charge in [-0.2, -0.15) is 5.26 Å². The standard InChI is InChI=1S/C13H15N3O4/c1-9(2)15(8-13(17)20-3)12-6-10(7-14)4-5-11(12)16(18)19/h4-6,9H,8H2,1-3H3. The molecule has 0 fully saturated rings. The maximum atomic E-state index is 11.4. The van der Waals surface area contributed by atoms with Crippen LogP contribution < -0.4 is 4.90 Å². The number of benzene rings is 1. The van der Waals surface area contributed by atoms with Crippen molar-refractivity contribution in [2.24, 2.45) is 0 Å². The van der Waals surface area contributed by atoms with Crippen LogP contribution in [0.1, 0.15) is 19.4 Å². The molecule has 0 N–H and O–H groups in total. The summed E-state index contributed by atoms with van der Waals surface area (Å²) in [6.45, 7) is 3.47. The number of carbonyl (C=O) groups excluding carboxylic acids is 1.